The maximum absolute atomic E-state index is 13.2. The molecule has 0 aliphatic carbocycles. The number of esters is 1. The first kappa shape index (κ1) is 19.2. The van der Waals surface area contributed by atoms with Gasteiger partial charge in [0.15, 0.2) is 5.43 Å². The van der Waals surface area contributed by atoms with Crippen LogP contribution in [0.2, 0.25) is 0 Å². The average Bonchev–Trinajstić information content (AvgIpc) is 2.78. The van der Waals surface area contributed by atoms with Crippen molar-refractivity contribution in [2.24, 2.45) is 0 Å². The molecule has 1 unspecified atom stereocenters. The second-order valence-corrected chi connectivity index (χ2v) is 7.97. The van der Waals surface area contributed by atoms with Gasteiger partial charge in [-0.1, -0.05) is 41.7 Å². The molecule has 8 heteroatoms. The Kier molecular flexibility index (Phi) is 4.63. The Morgan fingerprint density at radius 3 is 2.68 bits per heavy atom. The molecular weight excluding hydrogens is 418 g/mol. The number of carbonyl (C=O) groups excluding carboxylic acids is 1. The van der Waals surface area contributed by atoms with Gasteiger partial charge < -0.3 is 13.9 Å². The summed E-state index contributed by atoms with van der Waals surface area (Å²) < 4.78 is 15.8. The summed E-state index contributed by atoms with van der Waals surface area (Å²) in [6, 6.07) is 14.0. The first-order chi connectivity index (χ1) is 15.0. The van der Waals surface area contributed by atoms with E-state index >= 15 is 0 Å². The van der Waals surface area contributed by atoms with Crippen LogP contribution in [0.1, 0.15) is 23.5 Å². The zero-order valence-electron chi connectivity index (χ0n) is 16.3. The minimum atomic E-state index is -0.792. The highest BCUT2D eigenvalue weighted by atomic mass is 32.1. The van der Waals surface area contributed by atoms with Crippen LogP contribution in [-0.4, -0.2) is 18.1 Å². The summed E-state index contributed by atoms with van der Waals surface area (Å²) in [4.78, 5) is 42.9. The Bertz CT molecular complexity index is 1440. The van der Waals surface area contributed by atoms with Crippen LogP contribution in [0.4, 0.5) is 0 Å². The van der Waals surface area contributed by atoms with Gasteiger partial charge in [0.2, 0.25) is 10.6 Å². The van der Waals surface area contributed by atoms with Gasteiger partial charge in [-0.15, -0.1) is 0 Å². The standard InChI is InChI=1S/C23H15NO6S/c1-28-13-7-8-14-17(9-13)29-11-16(20(14)26)15-10-18(25)30-21-19(15)23(27)31-22(24-21)12-5-3-2-4-6-12/h2-9,11,15H,10H2,1H3. The van der Waals surface area contributed by atoms with Crippen LogP contribution in [0.15, 0.2) is 68.8 Å². The SMILES string of the molecule is COc1ccc2c(=O)c(C3CC(=O)Oc4nc(-c5ccccc5)sc(=O)c43)coc2c1. The maximum Gasteiger partial charge on any atom is 0.313 e. The van der Waals surface area contributed by atoms with E-state index in [1.807, 2.05) is 30.3 Å². The third kappa shape index (κ3) is 3.30. The lowest BCUT2D eigenvalue weighted by Gasteiger charge is -2.22. The second kappa shape index (κ2) is 7.48. The molecule has 2 aromatic heterocycles. The predicted octanol–water partition coefficient (Wildman–Crippen LogP) is 3.73. The normalized spacial score (nSPS) is 15.4. The van der Waals surface area contributed by atoms with E-state index < -0.39 is 11.9 Å². The summed E-state index contributed by atoms with van der Waals surface area (Å²) in [5, 5.41) is 0.777. The monoisotopic (exact) mass is 433 g/mol. The van der Waals surface area contributed by atoms with Crippen molar-refractivity contribution >= 4 is 28.3 Å². The van der Waals surface area contributed by atoms with E-state index in [4.69, 9.17) is 13.9 Å². The molecule has 1 atom stereocenters. The summed E-state index contributed by atoms with van der Waals surface area (Å²) in [5.41, 5.74) is 1.20. The molecule has 31 heavy (non-hydrogen) atoms. The van der Waals surface area contributed by atoms with Gasteiger partial charge in [-0.25, -0.2) is 4.98 Å². The highest BCUT2D eigenvalue weighted by molar-refractivity contribution is 7.12. The van der Waals surface area contributed by atoms with Crippen molar-refractivity contribution < 1.29 is 18.7 Å². The Balaban J connectivity index is 1.67. The number of hydrogen-bond acceptors (Lipinski definition) is 8. The quantitative estimate of drug-likeness (QED) is 0.454. The lowest BCUT2D eigenvalue weighted by atomic mass is 9.89. The van der Waals surface area contributed by atoms with E-state index in [2.05, 4.69) is 4.98 Å². The van der Waals surface area contributed by atoms with Gasteiger partial charge >= 0.3 is 5.97 Å². The molecule has 4 aromatic rings. The number of nitrogens with zero attached hydrogens (tertiary/aromatic N) is 1. The van der Waals surface area contributed by atoms with Crippen molar-refractivity contribution in [3.63, 3.8) is 0 Å². The van der Waals surface area contributed by atoms with Crippen molar-refractivity contribution in [3.8, 4) is 22.2 Å². The molecule has 1 aliphatic rings. The Morgan fingerprint density at radius 1 is 1.10 bits per heavy atom. The number of methoxy groups -OCH3 is 1. The van der Waals surface area contributed by atoms with E-state index in [1.165, 1.54) is 13.4 Å². The molecule has 3 heterocycles. The van der Waals surface area contributed by atoms with Crippen LogP contribution in [0.3, 0.4) is 0 Å². The fourth-order valence-corrected chi connectivity index (χ4v) is 4.55. The molecular formula is C23H15NO6S. The molecule has 0 saturated heterocycles. The fourth-order valence-electron chi connectivity index (χ4n) is 3.65. The van der Waals surface area contributed by atoms with Gasteiger partial charge in [0.1, 0.15) is 16.3 Å². The average molecular weight is 433 g/mol. The summed E-state index contributed by atoms with van der Waals surface area (Å²) in [7, 11) is 1.52. The highest BCUT2D eigenvalue weighted by Crippen LogP contribution is 2.37. The molecule has 0 bridgehead atoms. The number of aromatic nitrogens is 1. The third-order valence-corrected chi connectivity index (χ3v) is 6.10. The number of rotatable bonds is 3. The predicted molar refractivity (Wildman–Crippen MR) is 115 cm³/mol. The lowest BCUT2D eigenvalue weighted by Crippen LogP contribution is -2.29. The largest absolute Gasteiger partial charge is 0.497 e. The van der Waals surface area contributed by atoms with Crippen molar-refractivity contribution in [1.82, 2.24) is 4.98 Å². The molecule has 0 saturated carbocycles. The van der Waals surface area contributed by atoms with Gasteiger partial charge in [-0.3, -0.25) is 14.4 Å². The second-order valence-electron chi connectivity index (χ2n) is 7.00. The van der Waals surface area contributed by atoms with Crippen molar-refractivity contribution in [2.45, 2.75) is 12.3 Å². The van der Waals surface area contributed by atoms with Gasteiger partial charge in [0.05, 0.1) is 30.7 Å². The number of hydrogen-bond donors (Lipinski definition) is 0. The van der Waals surface area contributed by atoms with Crippen molar-refractivity contribution in [2.75, 3.05) is 7.11 Å². The van der Waals surface area contributed by atoms with Crippen LogP contribution in [-0.2, 0) is 4.79 Å². The van der Waals surface area contributed by atoms with Gasteiger partial charge in [0.25, 0.3) is 0 Å². The number of ether oxygens (including phenoxy) is 2. The molecule has 0 amide bonds. The molecule has 154 valence electrons. The van der Waals surface area contributed by atoms with Crippen LogP contribution in [0, 0.1) is 0 Å². The third-order valence-electron chi connectivity index (χ3n) is 5.18. The molecule has 0 fully saturated rings. The zero-order valence-corrected chi connectivity index (χ0v) is 17.1. The van der Waals surface area contributed by atoms with E-state index in [0.29, 0.717) is 21.7 Å². The van der Waals surface area contributed by atoms with Gasteiger partial charge in [0, 0.05) is 23.1 Å². The minimum absolute atomic E-state index is 0.0573. The Morgan fingerprint density at radius 2 is 1.90 bits per heavy atom. The van der Waals surface area contributed by atoms with Crippen molar-refractivity contribution in [1.29, 1.82) is 0 Å². The van der Waals surface area contributed by atoms with Crippen LogP contribution >= 0.6 is 11.3 Å². The Labute approximate surface area is 179 Å². The topological polar surface area (TPSA) is 95.7 Å². The van der Waals surface area contributed by atoms with E-state index in [0.717, 1.165) is 16.9 Å². The molecule has 1 aliphatic heterocycles. The summed E-state index contributed by atoms with van der Waals surface area (Å²) >= 11 is 0.952. The summed E-state index contributed by atoms with van der Waals surface area (Å²) in [5.74, 6) is -0.858. The van der Waals surface area contributed by atoms with Crippen molar-refractivity contribution in [3.05, 3.63) is 85.7 Å². The number of fused-ring (bicyclic) bond motifs is 2. The van der Waals surface area contributed by atoms with Crippen LogP contribution in [0.25, 0.3) is 21.5 Å². The molecule has 0 radical (unpaired) electrons. The fraction of sp³-hybridized carbons (Fsp3) is 0.130. The van der Waals surface area contributed by atoms with Crippen LogP contribution in [0.5, 0.6) is 11.6 Å². The molecule has 0 N–H and O–H groups in total. The minimum Gasteiger partial charge on any atom is -0.497 e. The maximum atomic E-state index is 13.2. The van der Waals surface area contributed by atoms with E-state index in [9.17, 15) is 14.4 Å². The summed E-state index contributed by atoms with van der Waals surface area (Å²) in [6.45, 7) is 0. The van der Waals surface area contributed by atoms with Gasteiger partial charge in [-0.05, 0) is 12.1 Å². The first-order valence-electron chi connectivity index (χ1n) is 9.45. The molecule has 7 nitrogen and oxygen atoms in total. The Hall–Kier alpha value is -3.78. The van der Waals surface area contributed by atoms with Crippen LogP contribution < -0.4 is 19.6 Å². The summed E-state index contributed by atoms with van der Waals surface area (Å²) in [6.07, 6.45) is 1.15. The number of carbonyl (C=O) groups is 1. The van der Waals surface area contributed by atoms with Gasteiger partial charge in [-0.2, -0.15) is 0 Å². The zero-order chi connectivity index (χ0) is 21.5. The molecule has 5 rings (SSSR count). The number of benzene rings is 2. The first-order valence-corrected chi connectivity index (χ1v) is 10.3. The molecule has 0 spiro atoms. The van der Waals surface area contributed by atoms with E-state index in [1.54, 1.807) is 18.2 Å². The molecule has 2 aromatic carbocycles. The smallest absolute Gasteiger partial charge is 0.313 e. The van der Waals surface area contributed by atoms with E-state index in [-0.39, 0.29) is 33.6 Å². The lowest BCUT2D eigenvalue weighted by molar-refractivity contribution is -0.135. The highest BCUT2D eigenvalue weighted by Gasteiger charge is 2.35.